The summed E-state index contributed by atoms with van der Waals surface area (Å²) in [6.45, 7) is 4.96. The number of nitrogens with one attached hydrogen (secondary N) is 2. The van der Waals surface area contributed by atoms with Crippen molar-refractivity contribution < 1.29 is 4.79 Å². The van der Waals surface area contributed by atoms with Gasteiger partial charge in [-0.2, -0.15) is 5.10 Å². The van der Waals surface area contributed by atoms with Crippen LogP contribution in [0.5, 0.6) is 0 Å². The Balaban J connectivity index is 0.00000288. The van der Waals surface area contributed by atoms with Crippen LogP contribution >= 0.6 is 24.0 Å². The van der Waals surface area contributed by atoms with Crippen LogP contribution in [0.1, 0.15) is 37.9 Å². The molecule has 1 aliphatic heterocycles. The molecule has 0 spiro atoms. The molecule has 1 aromatic rings. The van der Waals surface area contributed by atoms with E-state index >= 15 is 0 Å². The van der Waals surface area contributed by atoms with Gasteiger partial charge in [0, 0.05) is 39.6 Å². The first-order chi connectivity index (χ1) is 11.1. The summed E-state index contributed by atoms with van der Waals surface area (Å²) >= 11 is 0. The number of H-pyrrole nitrogens is 1. The van der Waals surface area contributed by atoms with Gasteiger partial charge >= 0.3 is 0 Å². The van der Waals surface area contributed by atoms with E-state index in [1.807, 2.05) is 0 Å². The number of carbonyl (C=O) groups is 1. The minimum Gasteiger partial charge on any atom is -0.356 e. The number of halogens is 1. The Morgan fingerprint density at radius 3 is 2.71 bits per heavy atom. The number of aromatic amines is 1. The number of likely N-dealkylation sites (N-methyl/N-ethyl adjacent to an activating group) is 1. The summed E-state index contributed by atoms with van der Waals surface area (Å²) in [6.07, 6.45) is 4.59. The number of piperidine rings is 1. The van der Waals surface area contributed by atoms with Crippen LogP contribution < -0.4 is 5.32 Å². The van der Waals surface area contributed by atoms with Gasteiger partial charge in [-0.05, 0) is 19.3 Å². The van der Waals surface area contributed by atoms with Crippen LogP contribution in [0.4, 0.5) is 0 Å². The molecule has 0 saturated carbocycles. The van der Waals surface area contributed by atoms with Crippen molar-refractivity contribution in [1.82, 2.24) is 30.3 Å². The number of nitrogens with zero attached hydrogens (tertiary/aromatic N) is 5. The summed E-state index contributed by atoms with van der Waals surface area (Å²) in [4.78, 5) is 24.3. The Morgan fingerprint density at radius 2 is 2.17 bits per heavy atom. The van der Waals surface area contributed by atoms with Crippen LogP contribution in [-0.2, 0) is 4.79 Å². The second-order valence-electron chi connectivity index (χ2n) is 5.99. The third-order valence-electron chi connectivity index (χ3n) is 4.01. The number of amides is 1. The topological polar surface area (TPSA) is 89.5 Å². The Kier molecular flexibility index (Phi) is 9.01. The van der Waals surface area contributed by atoms with Crippen molar-refractivity contribution >= 4 is 35.8 Å². The fourth-order valence-electron chi connectivity index (χ4n) is 2.56. The standard InChI is InChI=1S/C15H27N7O.HI/c1-4-7-16-15(17-10-13(23)21(2)3)22-8-5-12(6-9-22)14-18-11-19-20-14;/h11-12H,4-10H2,1-3H3,(H,16,17)(H,18,19,20);1H. The summed E-state index contributed by atoms with van der Waals surface area (Å²) in [5.41, 5.74) is 0. The number of aromatic nitrogens is 3. The highest BCUT2D eigenvalue weighted by Crippen LogP contribution is 2.24. The van der Waals surface area contributed by atoms with Gasteiger partial charge in [0.25, 0.3) is 0 Å². The molecule has 136 valence electrons. The smallest absolute Gasteiger partial charge is 0.243 e. The van der Waals surface area contributed by atoms with Gasteiger partial charge in [-0.1, -0.05) is 6.92 Å². The Morgan fingerprint density at radius 1 is 1.46 bits per heavy atom. The van der Waals surface area contributed by atoms with E-state index in [1.54, 1.807) is 25.3 Å². The maximum Gasteiger partial charge on any atom is 0.243 e. The molecule has 0 aromatic carbocycles. The van der Waals surface area contributed by atoms with Crippen molar-refractivity contribution in [3.63, 3.8) is 0 Å². The molecular weight excluding hydrogens is 421 g/mol. The van der Waals surface area contributed by atoms with Crippen molar-refractivity contribution in [3.8, 4) is 0 Å². The number of rotatable bonds is 5. The lowest BCUT2D eigenvalue weighted by Crippen LogP contribution is -2.46. The van der Waals surface area contributed by atoms with E-state index in [1.165, 1.54) is 0 Å². The SMILES string of the molecule is CCCNC(=NCC(=O)N(C)C)N1CCC(c2ncn[nH]2)CC1.I. The normalized spacial score (nSPS) is 15.8. The molecule has 8 nitrogen and oxygen atoms in total. The monoisotopic (exact) mass is 449 g/mol. The first kappa shape index (κ1) is 20.7. The molecule has 1 aromatic heterocycles. The zero-order chi connectivity index (χ0) is 16.7. The minimum atomic E-state index is 0. The molecule has 24 heavy (non-hydrogen) atoms. The largest absolute Gasteiger partial charge is 0.356 e. The molecule has 0 aliphatic carbocycles. The van der Waals surface area contributed by atoms with E-state index in [0.29, 0.717) is 5.92 Å². The van der Waals surface area contributed by atoms with E-state index in [4.69, 9.17) is 0 Å². The second kappa shape index (κ2) is 10.5. The van der Waals surface area contributed by atoms with Crippen molar-refractivity contribution in [2.75, 3.05) is 40.3 Å². The summed E-state index contributed by atoms with van der Waals surface area (Å²) in [5.74, 6) is 2.23. The van der Waals surface area contributed by atoms with Crippen molar-refractivity contribution in [2.45, 2.75) is 32.1 Å². The molecule has 1 fully saturated rings. The third-order valence-corrected chi connectivity index (χ3v) is 4.01. The van der Waals surface area contributed by atoms with Gasteiger partial charge in [-0.15, -0.1) is 24.0 Å². The number of aliphatic imine (C=N–C) groups is 1. The maximum absolute atomic E-state index is 11.8. The number of guanidine groups is 1. The van der Waals surface area contributed by atoms with Gasteiger partial charge in [0.15, 0.2) is 5.96 Å². The van der Waals surface area contributed by atoms with Gasteiger partial charge in [-0.3, -0.25) is 9.89 Å². The molecule has 2 N–H and O–H groups in total. The van der Waals surface area contributed by atoms with Gasteiger partial charge in [0.2, 0.25) is 5.91 Å². The highest BCUT2D eigenvalue weighted by molar-refractivity contribution is 14.0. The van der Waals surface area contributed by atoms with Crippen molar-refractivity contribution in [3.05, 3.63) is 12.2 Å². The van der Waals surface area contributed by atoms with Crippen LogP contribution in [-0.4, -0.2) is 77.1 Å². The van der Waals surface area contributed by atoms with Crippen LogP contribution in [0.25, 0.3) is 0 Å². The molecule has 1 saturated heterocycles. The number of hydrogen-bond acceptors (Lipinski definition) is 4. The maximum atomic E-state index is 11.8. The molecule has 0 unspecified atom stereocenters. The van der Waals surface area contributed by atoms with E-state index < -0.39 is 0 Å². The minimum absolute atomic E-state index is 0. The molecule has 9 heteroatoms. The third kappa shape index (κ3) is 5.91. The fourth-order valence-corrected chi connectivity index (χ4v) is 2.56. The number of hydrogen-bond donors (Lipinski definition) is 2. The molecule has 2 heterocycles. The first-order valence-electron chi connectivity index (χ1n) is 8.20. The lowest BCUT2D eigenvalue weighted by Gasteiger charge is -2.33. The van der Waals surface area contributed by atoms with Crippen LogP contribution in [0, 0.1) is 0 Å². The van der Waals surface area contributed by atoms with E-state index in [0.717, 1.165) is 50.7 Å². The predicted molar refractivity (Wildman–Crippen MR) is 105 cm³/mol. The van der Waals surface area contributed by atoms with Gasteiger partial charge in [0.1, 0.15) is 18.7 Å². The summed E-state index contributed by atoms with van der Waals surface area (Å²) in [6, 6.07) is 0. The molecule has 0 atom stereocenters. The van der Waals surface area contributed by atoms with Crippen molar-refractivity contribution in [2.24, 2.45) is 4.99 Å². The highest BCUT2D eigenvalue weighted by atomic mass is 127. The first-order valence-corrected chi connectivity index (χ1v) is 8.20. The molecule has 0 bridgehead atoms. The Hall–Kier alpha value is -1.39. The molecule has 2 rings (SSSR count). The average Bonchev–Trinajstić information content (AvgIpc) is 3.09. The number of likely N-dealkylation sites (tertiary alicyclic amines) is 1. The van der Waals surface area contributed by atoms with Crippen molar-refractivity contribution in [1.29, 1.82) is 0 Å². The Bertz CT molecular complexity index is 510. The van der Waals surface area contributed by atoms with E-state index in [-0.39, 0.29) is 36.4 Å². The van der Waals surface area contributed by atoms with Gasteiger partial charge in [0.05, 0.1) is 0 Å². The summed E-state index contributed by atoms with van der Waals surface area (Å²) in [7, 11) is 3.50. The van der Waals surface area contributed by atoms with E-state index in [9.17, 15) is 4.79 Å². The highest BCUT2D eigenvalue weighted by Gasteiger charge is 2.24. The molecule has 1 aliphatic rings. The van der Waals surface area contributed by atoms with E-state index in [2.05, 4.69) is 37.3 Å². The fraction of sp³-hybridized carbons (Fsp3) is 0.733. The number of carbonyl (C=O) groups excluding carboxylic acids is 1. The summed E-state index contributed by atoms with van der Waals surface area (Å²) < 4.78 is 0. The lowest BCUT2D eigenvalue weighted by atomic mass is 9.96. The predicted octanol–water partition coefficient (Wildman–Crippen LogP) is 1.05. The Labute approximate surface area is 160 Å². The summed E-state index contributed by atoms with van der Waals surface area (Å²) in [5, 5.41) is 10.2. The second-order valence-corrected chi connectivity index (χ2v) is 5.99. The quantitative estimate of drug-likeness (QED) is 0.399. The zero-order valence-electron chi connectivity index (χ0n) is 14.7. The lowest BCUT2D eigenvalue weighted by molar-refractivity contribution is -0.127. The molecule has 1 amide bonds. The van der Waals surface area contributed by atoms with Gasteiger partial charge < -0.3 is 15.1 Å². The van der Waals surface area contributed by atoms with Crippen LogP contribution in [0.15, 0.2) is 11.3 Å². The van der Waals surface area contributed by atoms with Gasteiger partial charge in [-0.25, -0.2) is 9.98 Å². The zero-order valence-corrected chi connectivity index (χ0v) is 17.0. The van der Waals surface area contributed by atoms with Crippen LogP contribution in [0.2, 0.25) is 0 Å². The average molecular weight is 449 g/mol. The van der Waals surface area contributed by atoms with Crippen LogP contribution in [0.3, 0.4) is 0 Å². The molecule has 0 radical (unpaired) electrons. The molecular formula is C15H28IN7O.